The van der Waals surface area contributed by atoms with E-state index < -0.39 is 0 Å². The molecule has 0 aromatic carbocycles. The molecule has 1 aromatic heterocycles. The van der Waals surface area contributed by atoms with Crippen LogP contribution in [0.1, 0.15) is 25.8 Å². The molecule has 0 saturated carbocycles. The highest BCUT2D eigenvalue weighted by molar-refractivity contribution is 5.18. The van der Waals surface area contributed by atoms with Gasteiger partial charge in [-0.2, -0.15) is 0 Å². The quantitative estimate of drug-likeness (QED) is 0.795. The summed E-state index contributed by atoms with van der Waals surface area (Å²) in [5.41, 5.74) is 0.527. The molecule has 0 bridgehead atoms. The molecule has 0 radical (unpaired) electrons. The Morgan fingerprint density at radius 2 is 2.14 bits per heavy atom. The van der Waals surface area contributed by atoms with E-state index in [1.54, 1.807) is 0 Å². The van der Waals surface area contributed by atoms with Crippen molar-refractivity contribution in [3.63, 3.8) is 0 Å². The van der Waals surface area contributed by atoms with Gasteiger partial charge < -0.3 is 5.11 Å². The third-order valence-electron chi connectivity index (χ3n) is 2.02. The number of rotatable bonds is 3. The maximum absolute atomic E-state index is 11.5. The third kappa shape index (κ3) is 3.17. The Bertz CT molecular complexity index is 361. The lowest BCUT2D eigenvalue weighted by atomic mass is 10.0. The molecule has 14 heavy (non-hydrogen) atoms. The Morgan fingerprint density at radius 3 is 2.79 bits per heavy atom. The van der Waals surface area contributed by atoms with Crippen molar-refractivity contribution in [3.05, 3.63) is 34.2 Å². The summed E-state index contributed by atoms with van der Waals surface area (Å²) in [5.74, 6) is 0.485. The van der Waals surface area contributed by atoms with Crippen LogP contribution in [0.25, 0.3) is 0 Å². The zero-order valence-electron chi connectivity index (χ0n) is 8.53. The summed E-state index contributed by atoms with van der Waals surface area (Å²) < 4.78 is 0. The van der Waals surface area contributed by atoms with E-state index in [1.807, 2.05) is 0 Å². The van der Waals surface area contributed by atoms with E-state index in [1.165, 1.54) is 18.5 Å². The standard InChI is InChI=1S/C11H15NO2/c1-8(2)3-4-9-6-12-7-10(13)5-11(9)14/h5-8,13H,3-4H2,1-2H3. The minimum Gasteiger partial charge on any atom is -0.506 e. The molecule has 0 aliphatic carbocycles. The van der Waals surface area contributed by atoms with Crippen LogP contribution in [0.5, 0.6) is 5.75 Å². The van der Waals surface area contributed by atoms with Gasteiger partial charge in [0, 0.05) is 17.8 Å². The van der Waals surface area contributed by atoms with E-state index in [2.05, 4.69) is 18.8 Å². The first-order valence-corrected chi connectivity index (χ1v) is 4.77. The topological polar surface area (TPSA) is 50.2 Å². The third-order valence-corrected chi connectivity index (χ3v) is 2.02. The predicted octanol–water partition coefficient (Wildman–Crippen LogP) is 1.74. The van der Waals surface area contributed by atoms with E-state index in [0.29, 0.717) is 11.5 Å². The van der Waals surface area contributed by atoms with Crippen LogP contribution in [-0.4, -0.2) is 10.1 Å². The van der Waals surface area contributed by atoms with E-state index in [4.69, 9.17) is 5.11 Å². The molecule has 1 N–H and O–H groups in total. The summed E-state index contributed by atoms with van der Waals surface area (Å²) in [6.45, 7) is 4.22. The lowest BCUT2D eigenvalue weighted by Gasteiger charge is -2.01. The average Bonchev–Trinajstić information content (AvgIpc) is 2.23. The molecule has 0 spiro atoms. The van der Waals surface area contributed by atoms with Crippen molar-refractivity contribution < 1.29 is 5.11 Å². The van der Waals surface area contributed by atoms with Crippen molar-refractivity contribution in [3.8, 4) is 5.75 Å². The smallest absolute Gasteiger partial charge is 0.187 e. The zero-order chi connectivity index (χ0) is 10.6. The van der Waals surface area contributed by atoms with Gasteiger partial charge in [0.25, 0.3) is 0 Å². The molecule has 0 atom stereocenters. The molecule has 76 valence electrons. The Labute approximate surface area is 83.4 Å². The number of hydrogen-bond acceptors (Lipinski definition) is 3. The highest BCUT2D eigenvalue weighted by Gasteiger charge is 2.01. The Balaban J connectivity index is 2.89. The summed E-state index contributed by atoms with van der Waals surface area (Å²) >= 11 is 0. The number of hydrogen-bond donors (Lipinski definition) is 1. The molecule has 0 saturated heterocycles. The summed E-state index contributed by atoms with van der Waals surface area (Å²) in [7, 11) is 0. The number of nitrogens with zero attached hydrogens (tertiary/aromatic N) is 1. The molecule has 0 unspecified atom stereocenters. The van der Waals surface area contributed by atoms with Gasteiger partial charge in [0.15, 0.2) is 5.43 Å². The molecule has 1 rings (SSSR count). The Hall–Kier alpha value is -1.38. The fourth-order valence-electron chi connectivity index (χ4n) is 1.16. The van der Waals surface area contributed by atoms with Crippen molar-refractivity contribution in [1.82, 2.24) is 4.98 Å². The maximum Gasteiger partial charge on any atom is 0.187 e. The monoisotopic (exact) mass is 193 g/mol. The van der Waals surface area contributed by atoms with Gasteiger partial charge in [0.1, 0.15) is 5.75 Å². The first kappa shape index (κ1) is 10.7. The highest BCUT2D eigenvalue weighted by Crippen LogP contribution is 2.06. The zero-order valence-corrected chi connectivity index (χ0v) is 8.53. The molecule has 3 heteroatoms. The fourth-order valence-corrected chi connectivity index (χ4v) is 1.16. The van der Waals surface area contributed by atoms with Crippen LogP contribution in [0.4, 0.5) is 0 Å². The normalized spacial score (nSPS) is 10.5. The molecule has 0 aliphatic heterocycles. The summed E-state index contributed by atoms with van der Waals surface area (Å²) in [6, 6.07) is 1.21. The molecule has 0 amide bonds. The fraction of sp³-hybridized carbons (Fsp3) is 0.455. The van der Waals surface area contributed by atoms with E-state index in [9.17, 15) is 4.79 Å². The van der Waals surface area contributed by atoms with Gasteiger partial charge in [-0.25, -0.2) is 0 Å². The molecular weight excluding hydrogens is 178 g/mol. The van der Waals surface area contributed by atoms with Crippen LogP contribution in [0.3, 0.4) is 0 Å². The van der Waals surface area contributed by atoms with Gasteiger partial charge in [-0.3, -0.25) is 9.78 Å². The molecule has 0 fully saturated rings. The largest absolute Gasteiger partial charge is 0.506 e. The highest BCUT2D eigenvalue weighted by atomic mass is 16.3. The second-order valence-electron chi connectivity index (χ2n) is 3.80. The van der Waals surface area contributed by atoms with Gasteiger partial charge in [-0.15, -0.1) is 0 Å². The van der Waals surface area contributed by atoms with Crippen molar-refractivity contribution in [2.24, 2.45) is 5.92 Å². The second-order valence-corrected chi connectivity index (χ2v) is 3.80. The van der Waals surface area contributed by atoms with Crippen LogP contribution >= 0.6 is 0 Å². The van der Waals surface area contributed by atoms with E-state index >= 15 is 0 Å². The van der Waals surface area contributed by atoms with Gasteiger partial charge in [0.05, 0.1) is 6.20 Å². The maximum atomic E-state index is 11.5. The Morgan fingerprint density at radius 1 is 1.43 bits per heavy atom. The van der Waals surface area contributed by atoms with Crippen molar-refractivity contribution in [2.75, 3.05) is 0 Å². The first-order valence-electron chi connectivity index (χ1n) is 4.77. The van der Waals surface area contributed by atoms with Gasteiger partial charge in [-0.1, -0.05) is 13.8 Å². The lowest BCUT2D eigenvalue weighted by Crippen LogP contribution is -2.05. The molecule has 1 aromatic rings. The van der Waals surface area contributed by atoms with Crippen molar-refractivity contribution in [2.45, 2.75) is 26.7 Å². The average molecular weight is 193 g/mol. The van der Waals surface area contributed by atoms with Gasteiger partial charge >= 0.3 is 0 Å². The summed E-state index contributed by atoms with van der Waals surface area (Å²) in [4.78, 5) is 15.3. The van der Waals surface area contributed by atoms with E-state index in [-0.39, 0.29) is 11.2 Å². The number of aromatic hydroxyl groups is 1. The van der Waals surface area contributed by atoms with Gasteiger partial charge in [0.2, 0.25) is 0 Å². The molecular formula is C11H15NO2. The number of aryl methyl sites for hydroxylation is 1. The van der Waals surface area contributed by atoms with Crippen LogP contribution in [0.15, 0.2) is 23.3 Å². The first-order chi connectivity index (χ1) is 6.59. The summed E-state index contributed by atoms with van der Waals surface area (Å²) in [5, 5.41) is 9.11. The number of aromatic nitrogens is 1. The second kappa shape index (κ2) is 4.74. The van der Waals surface area contributed by atoms with Gasteiger partial charge in [-0.05, 0) is 18.8 Å². The molecule has 3 nitrogen and oxygen atoms in total. The van der Waals surface area contributed by atoms with Crippen LogP contribution < -0.4 is 5.43 Å². The minimum atomic E-state index is -0.138. The van der Waals surface area contributed by atoms with E-state index in [0.717, 1.165) is 12.8 Å². The predicted molar refractivity (Wildman–Crippen MR) is 55.3 cm³/mol. The van der Waals surface area contributed by atoms with Crippen molar-refractivity contribution >= 4 is 0 Å². The van der Waals surface area contributed by atoms with Crippen molar-refractivity contribution in [1.29, 1.82) is 0 Å². The molecule has 0 aliphatic rings. The summed E-state index contributed by atoms with van der Waals surface area (Å²) in [6.07, 6.45) is 4.49. The minimum absolute atomic E-state index is 0.0780. The van der Waals surface area contributed by atoms with Crippen LogP contribution in [-0.2, 0) is 6.42 Å². The SMILES string of the molecule is CC(C)CCc1cncc(O)cc1=O. The Kier molecular flexibility index (Phi) is 3.63. The van der Waals surface area contributed by atoms with Crippen LogP contribution in [0.2, 0.25) is 0 Å². The van der Waals surface area contributed by atoms with Crippen LogP contribution in [0, 0.1) is 5.92 Å². The molecule has 1 heterocycles. The lowest BCUT2D eigenvalue weighted by molar-refractivity contribution is 0.473.